The Morgan fingerprint density at radius 3 is 2.70 bits per heavy atom. The van der Waals surface area contributed by atoms with E-state index in [-0.39, 0.29) is 18.0 Å². The summed E-state index contributed by atoms with van der Waals surface area (Å²) < 4.78 is 5.59. The molecule has 0 amide bonds. The second-order valence-corrected chi connectivity index (χ2v) is 7.00. The van der Waals surface area contributed by atoms with Crippen LogP contribution < -0.4 is 0 Å². The highest BCUT2D eigenvalue weighted by Crippen LogP contribution is 2.34. The SMILES string of the molecule is CCOC(=O)Cc1sc(Sc2nc(C)ccc2C(=O)O)nc1C. The molecule has 0 saturated heterocycles. The van der Waals surface area contributed by atoms with Crippen LogP contribution in [0.2, 0.25) is 0 Å². The van der Waals surface area contributed by atoms with Gasteiger partial charge in [0.1, 0.15) is 5.03 Å². The molecule has 0 saturated carbocycles. The largest absolute Gasteiger partial charge is 0.478 e. The molecule has 0 radical (unpaired) electrons. The van der Waals surface area contributed by atoms with Crippen molar-refractivity contribution >= 4 is 35.0 Å². The van der Waals surface area contributed by atoms with E-state index in [1.807, 2.05) is 6.92 Å². The normalized spacial score (nSPS) is 10.6. The maximum Gasteiger partial charge on any atom is 0.338 e. The summed E-state index contributed by atoms with van der Waals surface area (Å²) in [5.41, 5.74) is 1.62. The summed E-state index contributed by atoms with van der Waals surface area (Å²) in [6.07, 6.45) is 0.172. The number of nitrogens with zero attached hydrogens (tertiary/aromatic N) is 2. The van der Waals surface area contributed by atoms with Gasteiger partial charge >= 0.3 is 11.9 Å². The van der Waals surface area contributed by atoms with E-state index in [0.717, 1.165) is 16.3 Å². The van der Waals surface area contributed by atoms with Crippen LogP contribution in [0.5, 0.6) is 0 Å². The van der Waals surface area contributed by atoms with E-state index in [4.69, 9.17) is 4.74 Å². The molecular weight excluding hydrogens is 336 g/mol. The number of hydrogen-bond acceptors (Lipinski definition) is 7. The van der Waals surface area contributed by atoms with Gasteiger partial charge in [-0.15, -0.1) is 11.3 Å². The Hall–Kier alpha value is -1.93. The molecule has 8 heteroatoms. The van der Waals surface area contributed by atoms with E-state index >= 15 is 0 Å². The van der Waals surface area contributed by atoms with Gasteiger partial charge in [-0.25, -0.2) is 14.8 Å². The molecule has 0 aromatic carbocycles. The van der Waals surface area contributed by atoms with Crippen molar-refractivity contribution in [3.8, 4) is 0 Å². The second-order valence-electron chi connectivity index (χ2n) is 4.68. The van der Waals surface area contributed by atoms with Crippen LogP contribution >= 0.6 is 23.1 Å². The highest BCUT2D eigenvalue weighted by Gasteiger charge is 2.17. The lowest BCUT2D eigenvalue weighted by molar-refractivity contribution is -0.142. The molecule has 0 aliphatic heterocycles. The lowest BCUT2D eigenvalue weighted by Gasteiger charge is -2.03. The number of ether oxygens (including phenoxy) is 1. The number of rotatable bonds is 6. The summed E-state index contributed by atoms with van der Waals surface area (Å²) in [6, 6.07) is 3.19. The first-order valence-electron chi connectivity index (χ1n) is 6.91. The Bertz CT molecular complexity index is 743. The first kappa shape index (κ1) is 17.4. The quantitative estimate of drug-likeness (QED) is 0.799. The Morgan fingerprint density at radius 1 is 1.30 bits per heavy atom. The van der Waals surface area contributed by atoms with Crippen molar-refractivity contribution in [2.45, 2.75) is 36.6 Å². The molecular formula is C15H16N2O4S2. The third-order valence-corrected chi connectivity index (χ3v) is 5.12. The van der Waals surface area contributed by atoms with Gasteiger partial charge < -0.3 is 9.84 Å². The van der Waals surface area contributed by atoms with Gasteiger partial charge in [0.2, 0.25) is 0 Å². The van der Waals surface area contributed by atoms with E-state index in [1.165, 1.54) is 29.2 Å². The van der Waals surface area contributed by atoms with Crippen molar-refractivity contribution in [1.82, 2.24) is 9.97 Å². The van der Waals surface area contributed by atoms with Crippen LogP contribution in [0, 0.1) is 13.8 Å². The van der Waals surface area contributed by atoms with Crippen LogP contribution in [0.1, 0.15) is 33.5 Å². The molecule has 122 valence electrons. The van der Waals surface area contributed by atoms with Crippen LogP contribution in [0.3, 0.4) is 0 Å². The molecule has 0 bridgehead atoms. The summed E-state index contributed by atoms with van der Waals surface area (Å²) in [4.78, 5) is 32.3. The predicted octanol–water partition coefficient (Wildman–Crippen LogP) is 3.11. The van der Waals surface area contributed by atoms with Crippen molar-refractivity contribution in [1.29, 1.82) is 0 Å². The number of hydrogen-bond donors (Lipinski definition) is 1. The van der Waals surface area contributed by atoms with Crippen LogP contribution in [0.4, 0.5) is 0 Å². The Balaban J connectivity index is 2.23. The number of carboxylic acids is 1. The number of carboxylic acid groups (broad SMARTS) is 1. The van der Waals surface area contributed by atoms with Crippen molar-refractivity contribution in [2.24, 2.45) is 0 Å². The number of carbonyl (C=O) groups excluding carboxylic acids is 1. The predicted molar refractivity (Wildman–Crippen MR) is 87.2 cm³/mol. The number of pyridine rings is 1. The molecule has 2 heterocycles. The average Bonchev–Trinajstić information content (AvgIpc) is 2.78. The number of aryl methyl sites for hydroxylation is 2. The van der Waals surface area contributed by atoms with Gasteiger partial charge in [-0.1, -0.05) is 0 Å². The van der Waals surface area contributed by atoms with Crippen LogP contribution in [-0.4, -0.2) is 33.6 Å². The Kier molecular flexibility index (Phi) is 5.73. The molecule has 1 N–H and O–H groups in total. The Labute approximate surface area is 141 Å². The van der Waals surface area contributed by atoms with Gasteiger partial charge in [-0.2, -0.15) is 0 Å². The molecule has 2 aromatic heterocycles. The van der Waals surface area contributed by atoms with E-state index in [0.29, 0.717) is 16.0 Å². The third kappa shape index (κ3) is 4.52. The summed E-state index contributed by atoms with van der Waals surface area (Å²) in [7, 11) is 0. The van der Waals surface area contributed by atoms with E-state index in [2.05, 4.69) is 9.97 Å². The maximum atomic E-state index is 11.6. The van der Waals surface area contributed by atoms with Crippen LogP contribution in [-0.2, 0) is 16.0 Å². The number of aromatic nitrogens is 2. The molecule has 0 atom stereocenters. The molecule has 23 heavy (non-hydrogen) atoms. The smallest absolute Gasteiger partial charge is 0.338 e. The molecule has 2 aromatic rings. The molecule has 0 spiro atoms. The van der Waals surface area contributed by atoms with E-state index < -0.39 is 5.97 Å². The van der Waals surface area contributed by atoms with Gasteiger partial charge in [0, 0.05) is 10.6 Å². The molecule has 0 aliphatic rings. The lowest BCUT2D eigenvalue weighted by atomic mass is 10.2. The highest BCUT2D eigenvalue weighted by molar-refractivity contribution is 8.01. The lowest BCUT2D eigenvalue weighted by Crippen LogP contribution is -2.07. The summed E-state index contributed by atoms with van der Waals surface area (Å²) in [5, 5.41) is 9.64. The minimum Gasteiger partial charge on any atom is -0.478 e. The van der Waals surface area contributed by atoms with Crippen molar-refractivity contribution in [3.63, 3.8) is 0 Å². The summed E-state index contributed by atoms with van der Waals surface area (Å²) >= 11 is 2.55. The van der Waals surface area contributed by atoms with Crippen molar-refractivity contribution < 1.29 is 19.4 Å². The molecule has 0 fully saturated rings. The van der Waals surface area contributed by atoms with Crippen LogP contribution in [0.25, 0.3) is 0 Å². The molecule has 6 nitrogen and oxygen atoms in total. The topological polar surface area (TPSA) is 89.4 Å². The first-order valence-corrected chi connectivity index (χ1v) is 8.54. The zero-order valence-corrected chi connectivity index (χ0v) is 14.6. The van der Waals surface area contributed by atoms with Gasteiger partial charge in [0.05, 0.1) is 24.3 Å². The summed E-state index contributed by atoms with van der Waals surface area (Å²) in [6.45, 7) is 5.72. The van der Waals surface area contributed by atoms with Gasteiger partial charge in [-0.05, 0) is 44.7 Å². The number of thiazole rings is 1. The maximum absolute atomic E-state index is 11.6. The average molecular weight is 352 g/mol. The van der Waals surface area contributed by atoms with E-state index in [9.17, 15) is 14.7 Å². The van der Waals surface area contributed by atoms with Gasteiger partial charge in [0.15, 0.2) is 4.34 Å². The van der Waals surface area contributed by atoms with E-state index in [1.54, 1.807) is 19.9 Å². The molecule has 0 aliphatic carbocycles. The Morgan fingerprint density at radius 2 is 2.04 bits per heavy atom. The van der Waals surface area contributed by atoms with Crippen molar-refractivity contribution in [2.75, 3.05) is 6.61 Å². The molecule has 2 rings (SSSR count). The third-order valence-electron chi connectivity index (χ3n) is 2.90. The summed E-state index contributed by atoms with van der Waals surface area (Å²) in [5.74, 6) is -1.32. The zero-order valence-electron chi connectivity index (χ0n) is 13.0. The first-order chi connectivity index (χ1) is 10.9. The fourth-order valence-electron chi connectivity index (χ4n) is 1.81. The van der Waals surface area contributed by atoms with Crippen molar-refractivity contribution in [3.05, 3.63) is 34.0 Å². The fourth-order valence-corrected chi connectivity index (χ4v) is 4.09. The van der Waals surface area contributed by atoms with Gasteiger partial charge in [-0.3, -0.25) is 4.79 Å². The minimum atomic E-state index is -1.03. The second kappa shape index (κ2) is 7.56. The number of aromatic carboxylic acids is 1. The number of esters is 1. The number of carbonyl (C=O) groups is 2. The fraction of sp³-hybridized carbons (Fsp3) is 0.333. The van der Waals surface area contributed by atoms with Gasteiger partial charge in [0.25, 0.3) is 0 Å². The monoisotopic (exact) mass is 352 g/mol. The minimum absolute atomic E-state index is 0.139. The molecule has 0 unspecified atom stereocenters. The highest BCUT2D eigenvalue weighted by atomic mass is 32.2. The van der Waals surface area contributed by atoms with Crippen LogP contribution in [0.15, 0.2) is 21.5 Å². The standard InChI is InChI=1S/C15H16N2O4S2/c1-4-21-12(18)7-11-9(3)17-15(22-11)23-13-10(14(19)20)6-5-8(2)16-13/h5-6H,4,7H2,1-3H3,(H,19,20). The zero-order chi connectivity index (χ0) is 17.0.